The summed E-state index contributed by atoms with van der Waals surface area (Å²) in [5, 5.41) is 0. The largest absolute Gasteiger partial charge is 0.364 e. The van der Waals surface area contributed by atoms with Crippen molar-refractivity contribution in [2.24, 2.45) is 5.73 Å². The van der Waals surface area contributed by atoms with Crippen LogP contribution in [0.4, 0.5) is 8.78 Å². The van der Waals surface area contributed by atoms with Crippen LogP contribution in [-0.4, -0.2) is 5.91 Å². The molecular weight excluding hydrogens is 244 g/mol. The van der Waals surface area contributed by atoms with Crippen molar-refractivity contribution in [2.75, 3.05) is 0 Å². The van der Waals surface area contributed by atoms with Crippen molar-refractivity contribution < 1.29 is 13.6 Å². The number of carbonyl (C=O) groups is 1. The average Bonchev–Trinajstić information content (AvgIpc) is 2.04. The molecule has 0 aliphatic rings. The van der Waals surface area contributed by atoms with E-state index in [4.69, 9.17) is 0 Å². The van der Waals surface area contributed by atoms with E-state index in [9.17, 15) is 13.6 Å². The van der Waals surface area contributed by atoms with Gasteiger partial charge in [-0.3, -0.25) is 4.79 Å². The predicted molar refractivity (Wildman–Crippen MR) is 47.2 cm³/mol. The first-order valence-electron chi connectivity index (χ1n) is 3.38. The maximum absolute atomic E-state index is 13.0. The summed E-state index contributed by atoms with van der Waals surface area (Å²) in [6.07, 6.45) is 0. The lowest BCUT2D eigenvalue weighted by Gasteiger charge is -2.12. The van der Waals surface area contributed by atoms with Crippen molar-refractivity contribution in [3.05, 3.63) is 34.3 Å². The lowest BCUT2D eigenvalue weighted by molar-refractivity contribution is -0.143. The number of primary amides is 1. The van der Waals surface area contributed by atoms with Gasteiger partial charge >= 0.3 is 5.92 Å². The zero-order valence-electron chi connectivity index (χ0n) is 6.43. The number of hydrogen-bond donors (Lipinski definition) is 1. The van der Waals surface area contributed by atoms with E-state index in [1.165, 1.54) is 6.07 Å². The number of amides is 1. The molecule has 1 aromatic rings. The minimum Gasteiger partial charge on any atom is -0.364 e. The lowest BCUT2D eigenvalue weighted by atomic mass is 10.1. The van der Waals surface area contributed by atoms with E-state index in [-0.39, 0.29) is 0 Å². The molecule has 0 saturated carbocycles. The molecule has 0 bridgehead atoms. The molecular formula is C8H6BrF2NO. The van der Waals surface area contributed by atoms with Crippen molar-refractivity contribution in [3.8, 4) is 0 Å². The highest BCUT2D eigenvalue weighted by Gasteiger charge is 2.38. The van der Waals surface area contributed by atoms with Crippen LogP contribution in [0, 0.1) is 0 Å². The molecule has 1 aromatic carbocycles. The Hall–Kier alpha value is -0.970. The van der Waals surface area contributed by atoms with Gasteiger partial charge in [-0.15, -0.1) is 0 Å². The number of hydrogen-bond acceptors (Lipinski definition) is 1. The van der Waals surface area contributed by atoms with Gasteiger partial charge in [0.05, 0.1) is 0 Å². The van der Waals surface area contributed by atoms with E-state index in [2.05, 4.69) is 21.7 Å². The Morgan fingerprint density at radius 2 is 2.08 bits per heavy atom. The molecule has 0 radical (unpaired) electrons. The van der Waals surface area contributed by atoms with Gasteiger partial charge in [-0.2, -0.15) is 8.78 Å². The van der Waals surface area contributed by atoms with Gasteiger partial charge in [-0.25, -0.2) is 0 Å². The van der Waals surface area contributed by atoms with Crippen LogP contribution in [0.5, 0.6) is 0 Å². The second kappa shape index (κ2) is 3.41. The van der Waals surface area contributed by atoms with Crippen LogP contribution < -0.4 is 5.73 Å². The molecule has 2 nitrogen and oxygen atoms in total. The molecule has 0 atom stereocenters. The van der Waals surface area contributed by atoms with E-state index in [1.54, 1.807) is 6.07 Å². The van der Waals surface area contributed by atoms with Crippen molar-refractivity contribution in [2.45, 2.75) is 5.92 Å². The zero-order chi connectivity index (χ0) is 10.1. The summed E-state index contributed by atoms with van der Waals surface area (Å²) in [6.45, 7) is 0. The molecule has 13 heavy (non-hydrogen) atoms. The predicted octanol–water partition coefficient (Wildman–Crippen LogP) is 2.03. The number of halogens is 3. The Morgan fingerprint density at radius 1 is 1.46 bits per heavy atom. The van der Waals surface area contributed by atoms with Gasteiger partial charge in [-0.1, -0.05) is 28.1 Å². The number of rotatable bonds is 2. The minimum absolute atomic E-state index is 0.408. The van der Waals surface area contributed by atoms with Gasteiger partial charge in [-0.05, 0) is 12.1 Å². The summed E-state index contributed by atoms with van der Waals surface area (Å²) >= 11 is 3.02. The maximum Gasteiger partial charge on any atom is 0.349 e. The highest BCUT2D eigenvalue weighted by Crippen LogP contribution is 2.28. The van der Waals surface area contributed by atoms with E-state index < -0.39 is 17.4 Å². The van der Waals surface area contributed by atoms with Crippen LogP contribution in [0.2, 0.25) is 0 Å². The fourth-order valence-electron chi connectivity index (χ4n) is 0.826. The molecule has 0 aromatic heterocycles. The van der Waals surface area contributed by atoms with Crippen molar-refractivity contribution in [1.29, 1.82) is 0 Å². The first-order valence-corrected chi connectivity index (χ1v) is 4.17. The monoisotopic (exact) mass is 249 g/mol. The molecule has 0 aliphatic carbocycles. The fourth-order valence-corrected chi connectivity index (χ4v) is 1.23. The summed E-state index contributed by atoms with van der Waals surface area (Å²) < 4.78 is 26.4. The summed E-state index contributed by atoms with van der Waals surface area (Å²) in [7, 11) is 0. The van der Waals surface area contributed by atoms with Crippen LogP contribution in [0.3, 0.4) is 0 Å². The third-order valence-electron chi connectivity index (χ3n) is 1.50. The molecule has 0 aliphatic heterocycles. The fraction of sp³-hybridized carbons (Fsp3) is 0.125. The van der Waals surface area contributed by atoms with E-state index in [0.717, 1.165) is 12.1 Å². The van der Waals surface area contributed by atoms with Gasteiger partial charge in [0, 0.05) is 10.0 Å². The summed E-state index contributed by atoms with van der Waals surface area (Å²) in [5.41, 5.74) is 4.14. The summed E-state index contributed by atoms with van der Waals surface area (Å²) in [6, 6.07) is 5.30. The minimum atomic E-state index is -3.61. The SMILES string of the molecule is NC(=O)C(F)(F)c1cccc(Br)c1. The first-order chi connectivity index (χ1) is 5.94. The molecule has 1 rings (SSSR count). The Balaban J connectivity index is 3.14. The molecule has 0 spiro atoms. The van der Waals surface area contributed by atoms with Crippen LogP contribution in [0.15, 0.2) is 28.7 Å². The van der Waals surface area contributed by atoms with Gasteiger partial charge < -0.3 is 5.73 Å². The molecule has 2 N–H and O–H groups in total. The standard InChI is InChI=1S/C8H6BrF2NO/c9-6-3-1-2-5(4-6)8(10,11)7(12)13/h1-4H,(H2,12,13). The smallest absolute Gasteiger partial charge is 0.349 e. The lowest BCUT2D eigenvalue weighted by Crippen LogP contribution is -2.32. The highest BCUT2D eigenvalue weighted by atomic mass is 79.9. The number of carbonyl (C=O) groups excluding carboxylic acids is 1. The van der Waals surface area contributed by atoms with Crippen LogP contribution in [-0.2, 0) is 10.7 Å². The van der Waals surface area contributed by atoms with Crippen LogP contribution in [0.25, 0.3) is 0 Å². The molecule has 0 saturated heterocycles. The molecule has 0 fully saturated rings. The van der Waals surface area contributed by atoms with Crippen LogP contribution in [0.1, 0.15) is 5.56 Å². The average molecular weight is 250 g/mol. The second-order valence-corrected chi connectivity index (χ2v) is 3.36. The zero-order valence-corrected chi connectivity index (χ0v) is 8.01. The molecule has 1 amide bonds. The Kier molecular flexibility index (Phi) is 2.66. The third-order valence-corrected chi connectivity index (χ3v) is 1.99. The third kappa shape index (κ3) is 2.03. The first kappa shape index (κ1) is 10.1. The number of alkyl halides is 2. The van der Waals surface area contributed by atoms with E-state index >= 15 is 0 Å². The molecule has 0 heterocycles. The topological polar surface area (TPSA) is 43.1 Å². The van der Waals surface area contributed by atoms with Gasteiger partial charge in [0.15, 0.2) is 0 Å². The van der Waals surface area contributed by atoms with Gasteiger partial charge in [0.25, 0.3) is 5.91 Å². The molecule has 70 valence electrons. The normalized spacial score (nSPS) is 11.3. The Bertz CT molecular complexity index is 341. The van der Waals surface area contributed by atoms with Gasteiger partial charge in [0.2, 0.25) is 0 Å². The number of benzene rings is 1. The molecule has 0 unspecified atom stereocenters. The Morgan fingerprint density at radius 3 is 2.54 bits per heavy atom. The summed E-state index contributed by atoms with van der Waals surface area (Å²) in [4.78, 5) is 10.4. The molecule has 5 heteroatoms. The van der Waals surface area contributed by atoms with Crippen LogP contribution >= 0.6 is 15.9 Å². The second-order valence-electron chi connectivity index (χ2n) is 2.45. The van der Waals surface area contributed by atoms with E-state index in [1.807, 2.05) is 0 Å². The van der Waals surface area contributed by atoms with E-state index in [0.29, 0.717) is 4.47 Å². The maximum atomic E-state index is 13.0. The Labute approximate surface area is 81.9 Å². The number of nitrogens with two attached hydrogens (primary N) is 1. The summed E-state index contributed by atoms with van der Waals surface area (Å²) in [5.74, 6) is -5.25. The quantitative estimate of drug-likeness (QED) is 0.857. The van der Waals surface area contributed by atoms with Crippen molar-refractivity contribution in [1.82, 2.24) is 0 Å². The van der Waals surface area contributed by atoms with Gasteiger partial charge in [0.1, 0.15) is 0 Å². The highest BCUT2D eigenvalue weighted by molar-refractivity contribution is 9.10. The van der Waals surface area contributed by atoms with Crippen molar-refractivity contribution in [3.63, 3.8) is 0 Å². The van der Waals surface area contributed by atoms with Crippen molar-refractivity contribution >= 4 is 21.8 Å².